The molecule has 0 atom stereocenters. The third-order valence-electron chi connectivity index (χ3n) is 3.31. The van der Waals surface area contributed by atoms with E-state index in [1.165, 1.54) is 17.8 Å². The van der Waals surface area contributed by atoms with Crippen molar-refractivity contribution in [2.24, 2.45) is 0 Å². The Morgan fingerprint density at radius 1 is 1.29 bits per heavy atom. The summed E-state index contributed by atoms with van der Waals surface area (Å²) in [6.07, 6.45) is 0. The molecule has 1 aromatic carbocycles. The van der Waals surface area contributed by atoms with Crippen LogP contribution >= 0.6 is 23.5 Å². The normalized spacial score (nSPS) is 10.6. The average molecular weight is 364 g/mol. The van der Waals surface area contributed by atoms with Crippen molar-refractivity contribution in [1.82, 2.24) is 9.97 Å². The fourth-order valence-electron chi connectivity index (χ4n) is 2.15. The van der Waals surface area contributed by atoms with E-state index < -0.39 is 0 Å². The minimum atomic E-state index is -0.186. The molecule has 0 spiro atoms. The number of para-hydroxylation sites is 1. The third-order valence-corrected chi connectivity index (χ3v) is 5.09. The molecule has 7 heteroatoms. The van der Waals surface area contributed by atoms with Crippen molar-refractivity contribution in [3.05, 3.63) is 51.4 Å². The summed E-state index contributed by atoms with van der Waals surface area (Å²) in [6.45, 7) is 5.98. The van der Waals surface area contributed by atoms with Gasteiger partial charge in [0.05, 0.1) is 11.4 Å². The van der Waals surface area contributed by atoms with Gasteiger partial charge in [0.2, 0.25) is 5.91 Å². The maximum absolute atomic E-state index is 12.2. The standard InChI is InChI=1S/C17H21N3O2S2/c1-4-23-9-13-8-14(21)20-17(18-13)24-10-15(22)19-16-11(2)6-5-7-12(16)3/h5-8H,4,9-10H2,1-3H3,(H,19,22)(H,18,20,21). The molecule has 0 saturated heterocycles. The summed E-state index contributed by atoms with van der Waals surface area (Å²) in [7, 11) is 0. The van der Waals surface area contributed by atoms with Gasteiger partial charge >= 0.3 is 0 Å². The van der Waals surface area contributed by atoms with E-state index in [-0.39, 0.29) is 17.2 Å². The largest absolute Gasteiger partial charge is 0.325 e. The van der Waals surface area contributed by atoms with Gasteiger partial charge in [-0.3, -0.25) is 9.59 Å². The number of nitrogens with zero attached hydrogens (tertiary/aromatic N) is 1. The lowest BCUT2D eigenvalue weighted by molar-refractivity contribution is -0.113. The summed E-state index contributed by atoms with van der Waals surface area (Å²) in [6, 6.07) is 7.39. The Morgan fingerprint density at radius 2 is 2.00 bits per heavy atom. The van der Waals surface area contributed by atoms with Crippen molar-refractivity contribution >= 4 is 35.1 Å². The molecule has 1 heterocycles. The van der Waals surface area contributed by atoms with Crippen molar-refractivity contribution in [3.63, 3.8) is 0 Å². The SMILES string of the molecule is CCSCc1cc(=O)[nH]c(SCC(=O)Nc2c(C)cccc2C)n1. The molecule has 24 heavy (non-hydrogen) atoms. The Labute approximate surface area is 150 Å². The fraction of sp³-hybridized carbons (Fsp3) is 0.353. The molecule has 1 amide bonds. The highest BCUT2D eigenvalue weighted by Gasteiger charge is 2.09. The van der Waals surface area contributed by atoms with E-state index in [2.05, 4.69) is 22.2 Å². The van der Waals surface area contributed by atoms with Crippen LogP contribution in [-0.4, -0.2) is 27.4 Å². The molecule has 0 aliphatic heterocycles. The van der Waals surface area contributed by atoms with Crippen LogP contribution in [0.25, 0.3) is 0 Å². The van der Waals surface area contributed by atoms with Crippen LogP contribution < -0.4 is 10.9 Å². The molecule has 0 aliphatic carbocycles. The second-order valence-electron chi connectivity index (χ2n) is 5.28. The van der Waals surface area contributed by atoms with E-state index in [9.17, 15) is 9.59 Å². The number of aromatic nitrogens is 2. The van der Waals surface area contributed by atoms with E-state index in [1.54, 1.807) is 11.8 Å². The van der Waals surface area contributed by atoms with Crippen molar-refractivity contribution < 1.29 is 4.79 Å². The lowest BCUT2D eigenvalue weighted by Crippen LogP contribution is -2.17. The van der Waals surface area contributed by atoms with E-state index in [0.717, 1.165) is 28.3 Å². The Hall–Kier alpha value is -1.73. The Morgan fingerprint density at radius 3 is 2.67 bits per heavy atom. The number of carbonyl (C=O) groups excluding carboxylic acids is 1. The molecular formula is C17H21N3O2S2. The first-order chi connectivity index (χ1) is 11.5. The number of amides is 1. The van der Waals surface area contributed by atoms with Gasteiger partial charge in [-0.2, -0.15) is 11.8 Å². The monoisotopic (exact) mass is 363 g/mol. The lowest BCUT2D eigenvalue weighted by atomic mass is 10.1. The highest BCUT2D eigenvalue weighted by molar-refractivity contribution is 7.99. The van der Waals surface area contributed by atoms with Crippen molar-refractivity contribution in [3.8, 4) is 0 Å². The molecule has 0 fully saturated rings. The van der Waals surface area contributed by atoms with Gasteiger partial charge in [-0.15, -0.1) is 0 Å². The fourth-order valence-corrected chi connectivity index (χ4v) is 3.41. The van der Waals surface area contributed by atoms with E-state index in [0.29, 0.717) is 10.9 Å². The topological polar surface area (TPSA) is 74.8 Å². The molecule has 0 aliphatic rings. The number of H-pyrrole nitrogens is 1. The van der Waals surface area contributed by atoms with Gasteiger partial charge in [0.15, 0.2) is 5.16 Å². The predicted octanol–water partition coefficient (Wildman–Crippen LogP) is 3.37. The highest BCUT2D eigenvalue weighted by atomic mass is 32.2. The molecule has 2 N–H and O–H groups in total. The Kier molecular flexibility index (Phi) is 6.93. The maximum atomic E-state index is 12.2. The van der Waals surface area contributed by atoms with Crippen LogP contribution in [0.1, 0.15) is 23.7 Å². The quantitative estimate of drug-likeness (QED) is 0.583. The molecule has 0 radical (unpaired) electrons. The van der Waals surface area contributed by atoms with Crippen LogP contribution in [-0.2, 0) is 10.5 Å². The number of aromatic amines is 1. The number of rotatable bonds is 7. The zero-order valence-electron chi connectivity index (χ0n) is 14.0. The van der Waals surface area contributed by atoms with Crippen LogP contribution in [0.2, 0.25) is 0 Å². The lowest BCUT2D eigenvalue weighted by Gasteiger charge is -2.11. The molecule has 0 saturated carbocycles. The molecule has 128 valence electrons. The second-order valence-corrected chi connectivity index (χ2v) is 7.52. The van der Waals surface area contributed by atoms with Gasteiger partial charge in [-0.1, -0.05) is 36.9 Å². The number of thioether (sulfide) groups is 2. The summed E-state index contributed by atoms with van der Waals surface area (Å²) in [5.41, 5.74) is 3.45. The minimum Gasteiger partial charge on any atom is -0.325 e. The third kappa shape index (κ3) is 5.42. The van der Waals surface area contributed by atoms with Crippen LogP contribution in [0, 0.1) is 13.8 Å². The zero-order valence-corrected chi connectivity index (χ0v) is 15.6. The number of hydrogen-bond donors (Lipinski definition) is 2. The molecule has 0 bridgehead atoms. The van der Waals surface area contributed by atoms with E-state index >= 15 is 0 Å². The molecule has 5 nitrogen and oxygen atoms in total. The Balaban J connectivity index is 1.99. The number of benzene rings is 1. The average Bonchev–Trinajstić information content (AvgIpc) is 2.54. The molecule has 2 aromatic rings. The van der Waals surface area contributed by atoms with Gasteiger partial charge in [0.1, 0.15) is 0 Å². The van der Waals surface area contributed by atoms with E-state index in [1.807, 2.05) is 32.0 Å². The first kappa shape index (κ1) is 18.6. The summed E-state index contributed by atoms with van der Waals surface area (Å²) in [5.74, 6) is 1.74. The Bertz CT molecular complexity index is 754. The smallest absolute Gasteiger partial charge is 0.251 e. The highest BCUT2D eigenvalue weighted by Crippen LogP contribution is 2.20. The van der Waals surface area contributed by atoms with Crippen LogP contribution in [0.4, 0.5) is 5.69 Å². The predicted molar refractivity (Wildman–Crippen MR) is 102 cm³/mol. The number of carbonyl (C=O) groups is 1. The summed E-state index contributed by atoms with van der Waals surface area (Å²) < 4.78 is 0. The van der Waals surface area contributed by atoms with E-state index in [4.69, 9.17) is 0 Å². The summed E-state index contributed by atoms with van der Waals surface area (Å²) in [4.78, 5) is 30.9. The van der Waals surface area contributed by atoms with Crippen LogP contribution in [0.15, 0.2) is 34.2 Å². The number of hydrogen-bond acceptors (Lipinski definition) is 5. The van der Waals surface area contributed by atoms with Gasteiger partial charge in [0.25, 0.3) is 5.56 Å². The number of anilines is 1. The molecule has 1 aromatic heterocycles. The second kappa shape index (κ2) is 8.94. The van der Waals surface area contributed by atoms with Crippen molar-refractivity contribution in [2.75, 3.05) is 16.8 Å². The number of aryl methyl sites for hydroxylation is 2. The summed E-state index contributed by atoms with van der Waals surface area (Å²) in [5, 5.41) is 3.41. The van der Waals surface area contributed by atoms with Crippen LogP contribution in [0.3, 0.4) is 0 Å². The van der Waals surface area contributed by atoms with Crippen LogP contribution in [0.5, 0.6) is 0 Å². The van der Waals surface area contributed by atoms with Gasteiger partial charge in [-0.25, -0.2) is 4.98 Å². The maximum Gasteiger partial charge on any atom is 0.251 e. The van der Waals surface area contributed by atoms with Gasteiger partial charge in [-0.05, 0) is 30.7 Å². The molecular weight excluding hydrogens is 342 g/mol. The minimum absolute atomic E-state index is 0.117. The molecule has 2 rings (SSSR count). The van der Waals surface area contributed by atoms with Crippen molar-refractivity contribution in [2.45, 2.75) is 31.7 Å². The number of nitrogens with one attached hydrogen (secondary N) is 2. The van der Waals surface area contributed by atoms with Gasteiger partial charge < -0.3 is 10.3 Å². The van der Waals surface area contributed by atoms with Gasteiger partial charge in [0, 0.05) is 17.5 Å². The first-order valence-electron chi connectivity index (χ1n) is 7.66. The molecule has 0 unspecified atom stereocenters. The summed E-state index contributed by atoms with van der Waals surface area (Å²) >= 11 is 2.94. The zero-order chi connectivity index (χ0) is 17.5. The van der Waals surface area contributed by atoms with Crippen molar-refractivity contribution in [1.29, 1.82) is 0 Å². The first-order valence-corrected chi connectivity index (χ1v) is 9.80.